The molecule has 0 spiro atoms. The van der Waals surface area contributed by atoms with Crippen LogP contribution in [0.1, 0.15) is 30.8 Å². The van der Waals surface area contributed by atoms with Crippen molar-refractivity contribution in [2.45, 2.75) is 25.4 Å². The molecule has 0 saturated heterocycles. The van der Waals surface area contributed by atoms with Crippen LogP contribution in [0.3, 0.4) is 0 Å². The molecule has 1 aromatic heterocycles. The van der Waals surface area contributed by atoms with E-state index in [1.165, 1.54) is 0 Å². The van der Waals surface area contributed by atoms with E-state index in [0.717, 1.165) is 16.5 Å². The van der Waals surface area contributed by atoms with Gasteiger partial charge in [0.2, 0.25) is 0 Å². The number of rotatable bonds is 4. The van der Waals surface area contributed by atoms with Crippen LogP contribution in [0.4, 0.5) is 0 Å². The van der Waals surface area contributed by atoms with Crippen molar-refractivity contribution in [2.24, 2.45) is 5.73 Å². The van der Waals surface area contributed by atoms with Gasteiger partial charge in [-0.25, -0.2) is 9.67 Å². The summed E-state index contributed by atoms with van der Waals surface area (Å²) in [5.74, 6) is 0.156. The summed E-state index contributed by atoms with van der Waals surface area (Å²) in [5.41, 5.74) is 7.24. The third-order valence-electron chi connectivity index (χ3n) is 2.96. The minimum atomic E-state index is -0.128. The molecule has 5 nitrogen and oxygen atoms in total. The molecule has 6 heteroatoms. The summed E-state index contributed by atoms with van der Waals surface area (Å²) in [6.45, 7) is 2.03. The second-order valence-corrected chi connectivity index (χ2v) is 5.15. The molecular weight excluding hydrogens is 306 g/mol. The van der Waals surface area contributed by atoms with E-state index in [0.29, 0.717) is 0 Å². The highest BCUT2D eigenvalue weighted by atomic mass is 79.9. The lowest BCUT2D eigenvalue weighted by Crippen LogP contribution is -2.33. The molecule has 1 aromatic carbocycles. The fourth-order valence-electron chi connectivity index (χ4n) is 1.97. The molecule has 0 amide bonds. The Morgan fingerprint density at radius 1 is 1.53 bits per heavy atom. The highest BCUT2D eigenvalue weighted by Gasteiger charge is 2.22. The molecule has 0 aliphatic carbocycles. The van der Waals surface area contributed by atoms with Gasteiger partial charge in [0.1, 0.15) is 12.4 Å². The molecule has 2 atom stereocenters. The van der Waals surface area contributed by atoms with E-state index in [4.69, 9.17) is 11.0 Å². The standard InChI is InChI=1S/C13H14BrN5/c1-2-11(16)13(9-4-3-5-10(14)6-9)19-8-17-12(7-15)18-19/h3-6,8,11,13H,2,16H2,1H3. The Hall–Kier alpha value is -1.71. The van der Waals surface area contributed by atoms with Gasteiger partial charge in [-0.05, 0) is 24.1 Å². The smallest absolute Gasteiger partial charge is 0.252 e. The normalized spacial score (nSPS) is 13.8. The van der Waals surface area contributed by atoms with Crippen molar-refractivity contribution in [1.29, 1.82) is 5.26 Å². The molecular formula is C13H14BrN5. The molecule has 2 aromatic rings. The van der Waals surface area contributed by atoms with Gasteiger partial charge in [-0.3, -0.25) is 0 Å². The number of halogens is 1. The minimum Gasteiger partial charge on any atom is -0.326 e. The Balaban J connectivity index is 2.44. The van der Waals surface area contributed by atoms with Crippen LogP contribution in [0, 0.1) is 11.3 Å². The highest BCUT2D eigenvalue weighted by Crippen LogP contribution is 2.24. The molecule has 0 bridgehead atoms. The maximum atomic E-state index is 8.82. The number of hydrogen-bond acceptors (Lipinski definition) is 4. The van der Waals surface area contributed by atoms with Gasteiger partial charge < -0.3 is 5.73 Å². The summed E-state index contributed by atoms with van der Waals surface area (Å²) >= 11 is 3.45. The van der Waals surface area contributed by atoms with Crippen LogP contribution in [0.25, 0.3) is 0 Å². The van der Waals surface area contributed by atoms with E-state index in [9.17, 15) is 0 Å². The van der Waals surface area contributed by atoms with Crippen LogP contribution in [0.15, 0.2) is 35.1 Å². The van der Waals surface area contributed by atoms with Crippen molar-refractivity contribution in [3.63, 3.8) is 0 Å². The molecule has 2 N–H and O–H groups in total. The van der Waals surface area contributed by atoms with Crippen molar-refractivity contribution >= 4 is 15.9 Å². The molecule has 0 aliphatic rings. The van der Waals surface area contributed by atoms with Gasteiger partial charge >= 0.3 is 0 Å². The first-order chi connectivity index (χ1) is 9.15. The average molecular weight is 320 g/mol. The van der Waals surface area contributed by atoms with Crippen LogP contribution in [0.5, 0.6) is 0 Å². The number of nitrogens with zero attached hydrogens (tertiary/aromatic N) is 4. The van der Waals surface area contributed by atoms with E-state index in [2.05, 4.69) is 26.0 Å². The quantitative estimate of drug-likeness (QED) is 0.937. The minimum absolute atomic E-state index is 0.0949. The molecule has 19 heavy (non-hydrogen) atoms. The van der Waals surface area contributed by atoms with Crippen LogP contribution in [0.2, 0.25) is 0 Å². The first-order valence-electron chi connectivity index (χ1n) is 5.98. The molecule has 0 aliphatic heterocycles. The molecule has 1 heterocycles. The van der Waals surface area contributed by atoms with Gasteiger partial charge in [0.25, 0.3) is 5.82 Å². The lowest BCUT2D eigenvalue weighted by molar-refractivity contribution is 0.422. The van der Waals surface area contributed by atoms with Crippen molar-refractivity contribution in [2.75, 3.05) is 0 Å². The zero-order valence-corrected chi connectivity index (χ0v) is 12.1. The Morgan fingerprint density at radius 3 is 2.89 bits per heavy atom. The van der Waals surface area contributed by atoms with E-state index in [1.54, 1.807) is 11.0 Å². The van der Waals surface area contributed by atoms with Gasteiger partial charge in [-0.15, -0.1) is 5.10 Å². The summed E-state index contributed by atoms with van der Waals surface area (Å²) < 4.78 is 2.65. The van der Waals surface area contributed by atoms with E-state index in [-0.39, 0.29) is 17.9 Å². The molecule has 2 unspecified atom stereocenters. The Morgan fingerprint density at radius 2 is 2.32 bits per heavy atom. The third-order valence-corrected chi connectivity index (χ3v) is 3.45. The number of nitriles is 1. The lowest BCUT2D eigenvalue weighted by Gasteiger charge is -2.23. The molecule has 0 saturated carbocycles. The van der Waals surface area contributed by atoms with E-state index >= 15 is 0 Å². The summed E-state index contributed by atoms with van der Waals surface area (Å²) in [6, 6.07) is 9.63. The van der Waals surface area contributed by atoms with E-state index < -0.39 is 0 Å². The average Bonchev–Trinajstić information content (AvgIpc) is 2.87. The highest BCUT2D eigenvalue weighted by molar-refractivity contribution is 9.10. The summed E-state index contributed by atoms with van der Waals surface area (Å²) in [4.78, 5) is 3.94. The second kappa shape index (κ2) is 5.95. The van der Waals surface area contributed by atoms with Crippen LogP contribution in [-0.4, -0.2) is 20.8 Å². The number of hydrogen-bond donors (Lipinski definition) is 1. The maximum absolute atomic E-state index is 8.82. The molecule has 0 fully saturated rings. The predicted molar refractivity (Wildman–Crippen MR) is 75.3 cm³/mol. The fourth-order valence-corrected chi connectivity index (χ4v) is 2.39. The van der Waals surface area contributed by atoms with Crippen molar-refractivity contribution < 1.29 is 0 Å². The molecule has 2 rings (SSSR count). The fraction of sp³-hybridized carbons (Fsp3) is 0.308. The monoisotopic (exact) mass is 319 g/mol. The van der Waals surface area contributed by atoms with Gasteiger partial charge in [0.05, 0.1) is 6.04 Å². The van der Waals surface area contributed by atoms with Gasteiger partial charge in [0.15, 0.2) is 0 Å². The zero-order valence-electron chi connectivity index (χ0n) is 10.5. The van der Waals surface area contributed by atoms with Crippen LogP contribution < -0.4 is 5.73 Å². The molecule has 98 valence electrons. The predicted octanol–water partition coefficient (Wildman–Crippen LogP) is 2.24. The zero-order chi connectivity index (χ0) is 13.8. The Kier molecular flexibility index (Phi) is 4.30. The second-order valence-electron chi connectivity index (χ2n) is 4.23. The van der Waals surface area contributed by atoms with Crippen molar-refractivity contribution in [3.8, 4) is 6.07 Å². The topological polar surface area (TPSA) is 80.5 Å². The third kappa shape index (κ3) is 3.00. The number of aromatic nitrogens is 3. The van der Waals surface area contributed by atoms with E-state index in [1.807, 2.05) is 37.3 Å². The molecule has 0 radical (unpaired) electrons. The summed E-state index contributed by atoms with van der Waals surface area (Å²) in [6.07, 6.45) is 2.36. The van der Waals surface area contributed by atoms with Crippen molar-refractivity contribution in [1.82, 2.24) is 14.8 Å². The summed E-state index contributed by atoms with van der Waals surface area (Å²) in [5, 5.41) is 13.0. The maximum Gasteiger partial charge on any atom is 0.252 e. The first kappa shape index (κ1) is 13.7. The SMILES string of the molecule is CCC(N)C(c1cccc(Br)c1)n1cnc(C#N)n1. The lowest BCUT2D eigenvalue weighted by atomic mass is 9.98. The van der Waals surface area contributed by atoms with Gasteiger partial charge in [-0.2, -0.15) is 5.26 Å². The Bertz CT molecular complexity index is 601. The first-order valence-corrected chi connectivity index (χ1v) is 6.77. The number of benzene rings is 1. The number of nitrogens with two attached hydrogens (primary N) is 1. The van der Waals surface area contributed by atoms with Gasteiger partial charge in [0, 0.05) is 10.5 Å². The summed E-state index contributed by atoms with van der Waals surface area (Å²) in [7, 11) is 0. The van der Waals surface area contributed by atoms with Crippen LogP contribution >= 0.6 is 15.9 Å². The Labute approximate surface area is 120 Å². The van der Waals surface area contributed by atoms with Gasteiger partial charge in [-0.1, -0.05) is 35.0 Å². The largest absolute Gasteiger partial charge is 0.326 e. The van der Waals surface area contributed by atoms with Crippen molar-refractivity contribution in [3.05, 3.63) is 46.5 Å². The van der Waals surface area contributed by atoms with Crippen LogP contribution in [-0.2, 0) is 0 Å².